The van der Waals surface area contributed by atoms with Crippen molar-refractivity contribution in [3.05, 3.63) is 88.5 Å². The van der Waals surface area contributed by atoms with Gasteiger partial charge in [-0.3, -0.25) is 9.59 Å². The molecular weight excluding hydrogens is 574 g/mol. The third-order valence-electron chi connectivity index (χ3n) is 7.98. The molecule has 0 fully saturated rings. The van der Waals surface area contributed by atoms with Crippen molar-refractivity contribution in [2.75, 3.05) is 13.7 Å². The topological polar surface area (TPSA) is 142 Å². The number of ether oxygens (including phenoxy) is 2. The average molecular weight is 616 g/mol. The molecule has 0 aliphatic carbocycles. The van der Waals surface area contributed by atoms with Crippen molar-refractivity contribution in [1.82, 2.24) is 5.32 Å². The van der Waals surface area contributed by atoms with Crippen molar-refractivity contribution < 1.29 is 39.2 Å². The van der Waals surface area contributed by atoms with Gasteiger partial charge in [0.2, 0.25) is 5.91 Å². The Morgan fingerprint density at radius 3 is 2.44 bits per heavy atom. The summed E-state index contributed by atoms with van der Waals surface area (Å²) in [6, 6.07) is 15.1. The van der Waals surface area contributed by atoms with E-state index < -0.39 is 23.7 Å². The lowest BCUT2D eigenvalue weighted by atomic mass is 9.84. The molecule has 9 heteroatoms. The van der Waals surface area contributed by atoms with Crippen LogP contribution in [0.4, 0.5) is 0 Å². The third-order valence-corrected chi connectivity index (χ3v) is 7.98. The predicted octanol–water partition coefficient (Wildman–Crippen LogP) is 6.17. The molecule has 0 bridgehead atoms. The van der Waals surface area contributed by atoms with E-state index in [1.807, 2.05) is 0 Å². The Kier molecular flexibility index (Phi) is 11.6. The number of carbonyl (C=O) groups excluding carboxylic acids is 3. The fourth-order valence-electron chi connectivity index (χ4n) is 5.51. The van der Waals surface area contributed by atoms with E-state index in [1.54, 1.807) is 67.6 Å². The van der Waals surface area contributed by atoms with Gasteiger partial charge in [-0.05, 0) is 86.1 Å². The number of Topliss-reactive ketones (excluding diaryl/α,β-unsaturated/α-hetero) is 1. The molecule has 1 aliphatic rings. The lowest BCUT2D eigenvalue weighted by Crippen LogP contribution is -2.27. The Bertz CT molecular complexity index is 1510. The highest BCUT2D eigenvalue weighted by Gasteiger charge is 2.31. The molecule has 1 unspecified atom stereocenters. The molecule has 0 saturated heterocycles. The number of amides is 1. The summed E-state index contributed by atoms with van der Waals surface area (Å²) in [5.74, 6) is -1.68. The zero-order valence-electron chi connectivity index (χ0n) is 25.8. The SMILES string of the molecule is COc1ccc(C(CC(=O)NCCc2ccc(O)cc2)c2c(O)cc3c(c2O)C(=O)O[C@@H](C)CCCC(=O)CCC/C=C/3)cc1. The maximum Gasteiger partial charge on any atom is 0.342 e. The molecule has 0 saturated carbocycles. The molecule has 2 atom stereocenters. The molecule has 0 aromatic heterocycles. The van der Waals surface area contributed by atoms with Gasteiger partial charge in [-0.15, -0.1) is 0 Å². The molecule has 1 aliphatic heterocycles. The van der Waals surface area contributed by atoms with Crippen LogP contribution in [0.25, 0.3) is 6.08 Å². The van der Waals surface area contributed by atoms with E-state index in [0.29, 0.717) is 62.8 Å². The van der Waals surface area contributed by atoms with E-state index in [9.17, 15) is 29.7 Å². The second-order valence-corrected chi connectivity index (χ2v) is 11.4. The minimum atomic E-state index is -0.816. The Labute approximate surface area is 263 Å². The van der Waals surface area contributed by atoms with Crippen molar-refractivity contribution in [3.63, 3.8) is 0 Å². The molecule has 0 radical (unpaired) electrons. The Hall–Kier alpha value is -4.79. The molecule has 9 nitrogen and oxygen atoms in total. The van der Waals surface area contributed by atoms with Gasteiger partial charge in [0.15, 0.2) is 0 Å². The van der Waals surface area contributed by atoms with Gasteiger partial charge < -0.3 is 30.1 Å². The monoisotopic (exact) mass is 615 g/mol. The zero-order valence-corrected chi connectivity index (χ0v) is 25.8. The number of ketones is 1. The van der Waals surface area contributed by atoms with Gasteiger partial charge in [0.25, 0.3) is 0 Å². The van der Waals surface area contributed by atoms with E-state index in [1.165, 1.54) is 13.2 Å². The summed E-state index contributed by atoms with van der Waals surface area (Å²) in [5.41, 5.74) is 1.79. The quantitative estimate of drug-likeness (QED) is 0.220. The normalized spacial score (nSPS) is 17.3. The first-order valence-corrected chi connectivity index (χ1v) is 15.3. The fraction of sp³-hybridized carbons (Fsp3) is 0.361. The molecule has 3 aromatic carbocycles. The van der Waals surface area contributed by atoms with Gasteiger partial charge in [0, 0.05) is 37.3 Å². The first kappa shape index (κ1) is 33.1. The largest absolute Gasteiger partial charge is 0.508 e. The molecule has 238 valence electrons. The van der Waals surface area contributed by atoms with Crippen molar-refractivity contribution >= 4 is 23.7 Å². The number of cyclic esters (lactones) is 1. The van der Waals surface area contributed by atoms with Gasteiger partial charge in [0.05, 0.1) is 13.2 Å². The summed E-state index contributed by atoms with van der Waals surface area (Å²) in [4.78, 5) is 38.9. The van der Waals surface area contributed by atoms with Crippen LogP contribution >= 0.6 is 0 Å². The number of benzene rings is 3. The van der Waals surface area contributed by atoms with Crippen LogP contribution in [0, 0.1) is 0 Å². The number of methoxy groups -OCH3 is 1. The van der Waals surface area contributed by atoms with E-state index >= 15 is 0 Å². The number of hydrogen-bond acceptors (Lipinski definition) is 8. The second kappa shape index (κ2) is 15.8. The highest BCUT2D eigenvalue weighted by molar-refractivity contribution is 5.98. The molecule has 4 N–H and O–H groups in total. The summed E-state index contributed by atoms with van der Waals surface area (Å²) in [5, 5.41) is 35.4. The summed E-state index contributed by atoms with van der Waals surface area (Å²) in [7, 11) is 1.54. The Morgan fingerprint density at radius 1 is 1.02 bits per heavy atom. The van der Waals surface area contributed by atoms with E-state index in [2.05, 4.69) is 5.32 Å². The van der Waals surface area contributed by atoms with Gasteiger partial charge in [-0.25, -0.2) is 4.79 Å². The summed E-state index contributed by atoms with van der Waals surface area (Å²) in [6.45, 7) is 2.08. The summed E-state index contributed by atoms with van der Waals surface area (Å²) >= 11 is 0. The fourth-order valence-corrected chi connectivity index (χ4v) is 5.51. The van der Waals surface area contributed by atoms with Gasteiger partial charge in [-0.1, -0.05) is 36.4 Å². The number of esters is 1. The van der Waals surface area contributed by atoms with Crippen molar-refractivity contribution in [2.45, 2.75) is 70.3 Å². The molecule has 1 heterocycles. The standard InChI is InChI=1S/C36H41NO8/c1-23-7-6-10-27(38)9-5-3-4-8-26-21-31(40)34(35(42)33(26)36(43)45-23)30(25-13-17-29(44-2)18-14-25)22-32(41)37-20-19-24-11-15-28(39)16-12-24/h4,8,11-18,21,23,30,39-40,42H,3,5-7,9-10,19-20,22H2,1-2H3,(H,37,41)/b8-4+/t23-,30?/m0/s1. The maximum absolute atomic E-state index is 13.5. The number of allylic oxidation sites excluding steroid dienone is 1. The van der Waals surface area contributed by atoms with Gasteiger partial charge in [-0.2, -0.15) is 0 Å². The van der Waals surface area contributed by atoms with Gasteiger partial charge >= 0.3 is 5.97 Å². The molecular formula is C36H41NO8. The maximum atomic E-state index is 13.5. The van der Waals surface area contributed by atoms with Crippen molar-refractivity contribution in [3.8, 4) is 23.0 Å². The van der Waals surface area contributed by atoms with E-state index in [-0.39, 0.29) is 46.3 Å². The number of phenols is 3. The molecule has 1 amide bonds. The minimum Gasteiger partial charge on any atom is -0.508 e. The van der Waals surface area contributed by atoms with Crippen molar-refractivity contribution in [1.29, 1.82) is 0 Å². The molecule has 0 spiro atoms. The van der Waals surface area contributed by atoms with Gasteiger partial charge in [0.1, 0.15) is 34.3 Å². The zero-order chi connectivity index (χ0) is 32.3. The smallest absolute Gasteiger partial charge is 0.342 e. The number of carbonyl (C=O) groups is 3. The highest BCUT2D eigenvalue weighted by atomic mass is 16.5. The molecule has 4 rings (SSSR count). The van der Waals surface area contributed by atoms with Crippen LogP contribution < -0.4 is 10.1 Å². The summed E-state index contributed by atoms with van der Waals surface area (Å²) < 4.78 is 11.0. The lowest BCUT2D eigenvalue weighted by Gasteiger charge is -2.23. The number of nitrogens with one attached hydrogen (secondary N) is 1. The van der Waals surface area contributed by atoms with Crippen LogP contribution in [0.5, 0.6) is 23.0 Å². The van der Waals surface area contributed by atoms with Crippen LogP contribution in [0.1, 0.15) is 90.4 Å². The first-order valence-electron chi connectivity index (χ1n) is 15.3. The number of rotatable bonds is 8. The van der Waals surface area contributed by atoms with Crippen LogP contribution in [0.15, 0.2) is 60.7 Å². The number of aromatic hydroxyl groups is 3. The predicted molar refractivity (Wildman–Crippen MR) is 171 cm³/mol. The minimum absolute atomic E-state index is 0.0392. The highest BCUT2D eigenvalue weighted by Crippen LogP contribution is 2.44. The van der Waals surface area contributed by atoms with Crippen LogP contribution in [0.2, 0.25) is 0 Å². The molecule has 3 aromatic rings. The van der Waals surface area contributed by atoms with E-state index in [4.69, 9.17) is 9.47 Å². The van der Waals surface area contributed by atoms with Crippen molar-refractivity contribution in [2.24, 2.45) is 0 Å². The number of phenolic OH excluding ortho intramolecular Hbond substituents is 3. The average Bonchev–Trinajstić information content (AvgIpc) is 3.00. The Morgan fingerprint density at radius 2 is 1.73 bits per heavy atom. The third kappa shape index (κ3) is 9.11. The Balaban J connectivity index is 1.69. The molecule has 45 heavy (non-hydrogen) atoms. The van der Waals surface area contributed by atoms with Crippen LogP contribution in [0.3, 0.4) is 0 Å². The van der Waals surface area contributed by atoms with E-state index in [0.717, 1.165) is 5.56 Å². The summed E-state index contributed by atoms with van der Waals surface area (Å²) in [6.07, 6.45) is 6.55. The number of fused-ring (bicyclic) bond motifs is 1. The number of hydrogen-bond donors (Lipinski definition) is 4. The first-order chi connectivity index (χ1) is 21.7. The van der Waals surface area contributed by atoms with Crippen LogP contribution in [-0.4, -0.2) is 52.7 Å². The lowest BCUT2D eigenvalue weighted by molar-refractivity contribution is -0.121. The van der Waals surface area contributed by atoms with Crippen LogP contribution in [-0.2, 0) is 20.7 Å². The second-order valence-electron chi connectivity index (χ2n) is 11.4.